The summed E-state index contributed by atoms with van der Waals surface area (Å²) in [6.07, 6.45) is -4.83. The van der Waals surface area contributed by atoms with E-state index in [1.165, 1.54) is 26.4 Å². The van der Waals surface area contributed by atoms with E-state index in [2.05, 4.69) is 4.98 Å². The molecule has 0 radical (unpaired) electrons. The highest BCUT2D eigenvalue weighted by Gasteiger charge is 2.40. The number of carbonyl (C=O) groups is 1. The van der Waals surface area contributed by atoms with Crippen molar-refractivity contribution in [3.8, 4) is 23.1 Å². The van der Waals surface area contributed by atoms with Gasteiger partial charge in [-0.1, -0.05) is 0 Å². The molecule has 1 heterocycles. The molecule has 0 fully saturated rings. The van der Waals surface area contributed by atoms with Crippen molar-refractivity contribution in [2.24, 2.45) is 0 Å². The third-order valence-corrected chi connectivity index (χ3v) is 3.18. The van der Waals surface area contributed by atoms with Crippen molar-refractivity contribution in [3.63, 3.8) is 0 Å². The number of hydrogen-bond donors (Lipinski definition) is 1. The zero-order chi connectivity index (χ0) is 17.4. The van der Waals surface area contributed by atoms with E-state index in [0.717, 1.165) is 0 Å². The molecule has 0 bridgehead atoms. The van der Waals surface area contributed by atoms with Crippen LogP contribution in [0.15, 0.2) is 12.1 Å². The summed E-state index contributed by atoms with van der Waals surface area (Å²) in [4.78, 5) is 14.0. The van der Waals surface area contributed by atoms with Gasteiger partial charge in [-0.25, -0.2) is 4.98 Å². The van der Waals surface area contributed by atoms with Crippen LogP contribution in [0.3, 0.4) is 0 Å². The highest BCUT2D eigenvalue weighted by molar-refractivity contribution is 5.76. The minimum Gasteiger partial charge on any atom is -0.496 e. The van der Waals surface area contributed by atoms with Crippen molar-refractivity contribution in [1.82, 2.24) is 9.55 Å². The molecule has 0 unspecified atom stereocenters. The molecule has 0 aliphatic carbocycles. The second-order valence-electron chi connectivity index (χ2n) is 4.59. The van der Waals surface area contributed by atoms with E-state index in [4.69, 9.17) is 9.47 Å². The molecule has 6 nitrogen and oxygen atoms in total. The Morgan fingerprint density at radius 3 is 2.30 bits per heavy atom. The topological polar surface area (TPSA) is 73.6 Å². The molecule has 0 saturated heterocycles. The fourth-order valence-electron chi connectivity index (χ4n) is 2.14. The summed E-state index contributed by atoms with van der Waals surface area (Å²) in [5.41, 5.74) is -0.318. The average molecular weight is 330 g/mol. The maximum atomic E-state index is 13.2. The van der Waals surface area contributed by atoms with Gasteiger partial charge in [0, 0.05) is 6.07 Å². The van der Waals surface area contributed by atoms with Gasteiger partial charge in [-0.15, -0.1) is 0 Å². The molecule has 0 spiro atoms. The number of benzene rings is 1. The molecule has 0 aliphatic rings. The van der Waals surface area contributed by atoms with Gasteiger partial charge in [0.15, 0.2) is 12.0 Å². The lowest BCUT2D eigenvalue weighted by atomic mass is 10.1. The number of halogens is 3. The van der Waals surface area contributed by atoms with Gasteiger partial charge in [0.25, 0.3) is 0 Å². The third-order valence-electron chi connectivity index (χ3n) is 3.18. The van der Waals surface area contributed by atoms with Crippen molar-refractivity contribution < 1.29 is 32.5 Å². The van der Waals surface area contributed by atoms with E-state index in [9.17, 15) is 23.1 Å². The Morgan fingerprint density at radius 1 is 1.22 bits per heavy atom. The Balaban J connectivity index is 2.83. The maximum absolute atomic E-state index is 13.2. The summed E-state index contributed by atoms with van der Waals surface area (Å²) in [6, 6.07) is 2.72. The Morgan fingerprint density at radius 2 is 1.83 bits per heavy atom. The lowest BCUT2D eigenvalue weighted by molar-refractivity contribution is -0.146. The minimum absolute atomic E-state index is 0.0168. The summed E-state index contributed by atoms with van der Waals surface area (Å²) >= 11 is 0. The van der Waals surface area contributed by atoms with Crippen molar-refractivity contribution in [2.45, 2.75) is 13.1 Å². The standard InChI is InChI=1S/C14H13F3N2O4/c1-7-4-9(11(23-3)5-10(7)22-2)19-12(21)8(6-20)18-13(19)14(15,16)17/h4-6,21H,1-3H3. The Labute approximate surface area is 129 Å². The number of imidazole rings is 1. The first kappa shape index (κ1) is 16.7. The van der Waals surface area contributed by atoms with Gasteiger partial charge < -0.3 is 14.6 Å². The number of alkyl halides is 3. The fraction of sp³-hybridized carbons (Fsp3) is 0.286. The fourth-order valence-corrected chi connectivity index (χ4v) is 2.14. The summed E-state index contributed by atoms with van der Waals surface area (Å²) in [5, 5.41) is 9.95. The van der Waals surface area contributed by atoms with Crippen LogP contribution >= 0.6 is 0 Å². The second kappa shape index (κ2) is 5.82. The zero-order valence-corrected chi connectivity index (χ0v) is 12.4. The maximum Gasteiger partial charge on any atom is 0.450 e. The minimum atomic E-state index is -4.88. The van der Waals surface area contributed by atoms with Crippen LogP contribution in [0, 0.1) is 6.92 Å². The molecule has 0 aliphatic heterocycles. The second-order valence-corrected chi connectivity index (χ2v) is 4.59. The molecular formula is C14H13F3N2O4. The SMILES string of the molecule is COc1cc(OC)c(-n2c(C(F)(F)F)nc(C=O)c2O)cc1C. The van der Waals surface area contributed by atoms with Crippen LogP contribution in [0.1, 0.15) is 21.9 Å². The van der Waals surface area contributed by atoms with E-state index < -0.39 is 23.6 Å². The summed E-state index contributed by atoms with van der Waals surface area (Å²) in [5.74, 6) is -1.94. The number of rotatable bonds is 4. The quantitative estimate of drug-likeness (QED) is 0.873. The largest absolute Gasteiger partial charge is 0.496 e. The van der Waals surface area contributed by atoms with Crippen LogP contribution in [-0.2, 0) is 6.18 Å². The number of methoxy groups -OCH3 is 2. The Kier molecular flexibility index (Phi) is 4.22. The number of aryl methyl sites for hydroxylation is 1. The smallest absolute Gasteiger partial charge is 0.450 e. The first-order valence-corrected chi connectivity index (χ1v) is 6.31. The average Bonchev–Trinajstić information content (AvgIpc) is 2.83. The number of ether oxygens (including phenoxy) is 2. The lowest BCUT2D eigenvalue weighted by Crippen LogP contribution is -2.14. The molecule has 23 heavy (non-hydrogen) atoms. The first-order chi connectivity index (χ1) is 10.7. The van der Waals surface area contributed by atoms with E-state index in [0.29, 0.717) is 15.9 Å². The van der Waals surface area contributed by atoms with Crippen LogP contribution in [-0.4, -0.2) is 35.2 Å². The van der Waals surface area contributed by atoms with Gasteiger partial charge in [-0.05, 0) is 18.6 Å². The monoisotopic (exact) mass is 330 g/mol. The van der Waals surface area contributed by atoms with Gasteiger partial charge in [0.1, 0.15) is 11.5 Å². The van der Waals surface area contributed by atoms with Crippen molar-refractivity contribution in [2.75, 3.05) is 14.2 Å². The predicted octanol–water partition coefficient (Wildman–Crippen LogP) is 2.73. The molecule has 0 atom stereocenters. The van der Waals surface area contributed by atoms with Crippen molar-refractivity contribution >= 4 is 6.29 Å². The molecule has 1 aromatic heterocycles. The summed E-state index contributed by atoms with van der Waals surface area (Å²) in [6.45, 7) is 1.61. The number of aromatic nitrogens is 2. The van der Waals surface area contributed by atoms with Crippen LogP contribution in [0.4, 0.5) is 13.2 Å². The molecule has 2 aromatic rings. The molecule has 1 aromatic carbocycles. The third kappa shape index (κ3) is 2.81. The van der Waals surface area contributed by atoms with E-state index in [-0.39, 0.29) is 17.7 Å². The number of hydrogen-bond acceptors (Lipinski definition) is 5. The van der Waals surface area contributed by atoms with Gasteiger partial charge in [0.2, 0.25) is 11.7 Å². The summed E-state index contributed by atoms with van der Waals surface area (Å²) < 4.78 is 50.1. The van der Waals surface area contributed by atoms with Crippen LogP contribution in [0.5, 0.6) is 17.4 Å². The predicted molar refractivity (Wildman–Crippen MR) is 73.5 cm³/mol. The molecule has 1 N–H and O–H groups in total. The van der Waals surface area contributed by atoms with Gasteiger partial charge >= 0.3 is 6.18 Å². The van der Waals surface area contributed by atoms with Crippen molar-refractivity contribution in [3.05, 3.63) is 29.2 Å². The first-order valence-electron chi connectivity index (χ1n) is 6.31. The van der Waals surface area contributed by atoms with Gasteiger partial charge in [-0.3, -0.25) is 9.36 Å². The molecule has 124 valence electrons. The molecule has 2 rings (SSSR count). The van der Waals surface area contributed by atoms with E-state index >= 15 is 0 Å². The number of aromatic hydroxyl groups is 1. The van der Waals surface area contributed by atoms with E-state index in [1.807, 2.05) is 0 Å². The lowest BCUT2D eigenvalue weighted by Gasteiger charge is -2.16. The van der Waals surface area contributed by atoms with E-state index in [1.54, 1.807) is 6.92 Å². The normalized spacial score (nSPS) is 11.4. The molecule has 0 saturated carbocycles. The summed E-state index contributed by atoms with van der Waals surface area (Å²) in [7, 11) is 2.66. The number of nitrogens with zero attached hydrogens (tertiary/aromatic N) is 2. The molecule has 0 amide bonds. The zero-order valence-electron chi connectivity index (χ0n) is 12.4. The van der Waals surface area contributed by atoms with Crippen LogP contribution < -0.4 is 9.47 Å². The molecule has 9 heteroatoms. The number of aldehydes is 1. The van der Waals surface area contributed by atoms with Crippen molar-refractivity contribution in [1.29, 1.82) is 0 Å². The van der Waals surface area contributed by atoms with Gasteiger partial charge in [-0.2, -0.15) is 13.2 Å². The van der Waals surface area contributed by atoms with Crippen LogP contribution in [0.2, 0.25) is 0 Å². The highest BCUT2D eigenvalue weighted by atomic mass is 19.4. The Bertz CT molecular complexity index is 753. The highest BCUT2D eigenvalue weighted by Crippen LogP contribution is 2.39. The Hall–Kier alpha value is -2.71. The molecular weight excluding hydrogens is 317 g/mol. The van der Waals surface area contributed by atoms with Gasteiger partial charge in [0.05, 0.1) is 19.9 Å². The van der Waals surface area contributed by atoms with Crippen LogP contribution in [0.25, 0.3) is 5.69 Å². The number of carbonyl (C=O) groups excluding carboxylic acids is 1.